The Morgan fingerprint density at radius 1 is 0.857 bits per heavy atom. The van der Waals surface area contributed by atoms with Crippen molar-refractivity contribution < 1.29 is 17.9 Å². The second-order valence-corrected chi connectivity index (χ2v) is 10.1. The van der Waals surface area contributed by atoms with Gasteiger partial charge in [0.25, 0.3) is 15.9 Å². The molecule has 0 fully saturated rings. The SMILES string of the molecule is Cc1cccc(NS(=O)(=O)c2cc(C(=O)Nc3cc(Cl)ccc3Oc3ccccc3)ccc2Cl)c1. The summed E-state index contributed by atoms with van der Waals surface area (Å²) in [6, 6.07) is 24.8. The van der Waals surface area contributed by atoms with E-state index in [4.69, 9.17) is 27.9 Å². The molecule has 0 aliphatic carbocycles. The van der Waals surface area contributed by atoms with Gasteiger partial charge in [0, 0.05) is 16.3 Å². The molecule has 6 nitrogen and oxygen atoms in total. The van der Waals surface area contributed by atoms with Gasteiger partial charge in [-0.05, 0) is 73.2 Å². The van der Waals surface area contributed by atoms with E-state index in [1.54, 1.807) is 48.5 Å². The van der Waals surface area contributed by atoms with E-state index in [2.05, 4.69) is 10.0 Å². The largest absolute Gasteiger partial charge is 0.455 e. The average molecular weight is 527 g/mol. The Morgan fingerprint density at radius 2 is 1.63 bits per heavy atom. The third-order valence-corrected chi connectivity index (χ3v) is 7.01. The zero-order valence-corrected chi connectivity index (χ0v) is 20.8. The number of para-hydroxylation sites is 1. The molecule has 0 saturated carbocycles. The number of halogens is 2. The second-order valence-electron chi connectivity index (χ2n) is 7.63. The maximum absolute atomic E-state index is 13.1. The first kappa shape index (κ1) is 24.6. The molecule has 0 saturated heterocycles. The van der Waals surface area contributed by atoms with Crippen molar-refractivity contribution in [2.24, 2.45) is 0 Å². The van der Waals surface area contributed by atoms with Crippen LogP contribution in [-0.4, -0.2) is 14.3 Å². The molecule has 1 amide bonds. The number of rotatable bonds is 7. The molecule has 0 unspecified atom stereocenters. The zero-order valence-electron chi connectivity index (χ0n) is 18.5. The number of carbonyl (C=O) groups is 1. The number of hydrogen-bond donors (Lipinski definition) is 2. The molecule has 0 aromatic heterocycles. The maximum atomic E-state index is 13.1. The fourth-order valence-corrected chi connectivity index (χ4v) is 5.02. The first-order valence-corrected chi connectivity index (χ1v) is 12.7. The Hall–Kier alpha value is -3.52. The number of amides is 1. The van der Waals surface area contributed by atoms with Crippen LogP contribution in [0.2, 0.25) is 10.0 Å². The summed E-state index contributed by atoms with van der Waals surface area (Å²) in [5.74, 6) is 0.387. The highest BCUT2D eigenvalue weighted by Crippen LogP contribution is 2.33. The summed E-state index contributed by atoms with van der Waals surface area (Å²) < 4.78 is 34.4. The van der Waals surface area contributed by atoms with Crippen molar-refractivity contribution in [1.82, 2.24) is 0 Å². The molecular weight excluding hydrogens is 507 g/mol. The standard InChI is InChI=1S/C26H20Cl2N2O4S/c1-17-6-5-7-20(14-17)30-35(32,33)25-15-18(10-12-22(25)28)26(31)29-23-16-19(27)11-13-24(23)34-21-8-3-2-4-9-21/h2-16,30H,1H3,(H,29,31). The lowest BCUT2D eigenvalue weighted by Crippen LogP contribution is -2.16. The lowest BCUT2D eigenvalue weighted by molar-refractivity contribution is 0.102. The van der Waals surface area contributed by atoms with Crippen molar-refractivity contribution in [2.45, 2.75) is 11.8 Å². The Labute approximate surface area is 213 Å². The predicted molar refractivity (Wildman–Crippen MR) is 139 cm³/mol. The molecule has 0 aliphatic heterocycles. The fourth-order valence-electron chi connectivity index (χ4n) is 3.27. The van der Waals surface area contributed by atoms with Crippen molar-refractivity contribution in [2.75, 3.05) is 10.0 Å². The number of carbonyl (C=O) groups excluding carboxylic acids is 1. The third-order valence-electron chi connectivity index (χ3n) is 4.91. The zero-order chi connectivity index (χ0) is 25.0. The number of sulfonamides is 1. The number of anilines is 2. The highest BCUT2D eigenvalue weighted by molar-refractivity contribution is 7.92. The van der Waals surface area contributed by atoms with Gasteiger partial charge in [-0.2, -0.15) is 0 Å². The van der Waals surface area contributed by atoms with Crippen LogP contribution < -0.4 is 14.8 Å². The van der Waals surface area contributed by atoms with Crippen molar-refractivity contribution in [3.63, 3.8) is 0 Å². The lowest BCUT2D eigenvalue weighted by Gasteiger charge is -2.14. The minimum absolute atomic E-state index is 0.0161. The summed E-state index contributed by atoms with van der Waals surface area (Å²) >= 11 is 12.3. The van der Waals surface area contributed by atoms with Gasteiger partial charge < -0.3 is 10.1 Å². The van der Waals surface area contributed by atoms with Gasteiger partial charge >= 0.3 is 0 Å². The third kappa shape index (κ3) is 6.14. The molecule has 4 rings (SSSR count). The van der Waals surface area contributed by atoms with Crippen LogP contribution >= 0.6 is 23.2 Å². The van der Waals surface area contributed by atoms with E-state index in [1.807, 2.05) is 31.2 Å². The van der Waals surface area contributed by atoms with Gasteiger partial charge in [0.05, 0.1) is 10.7 Å². The van der Waals surface area contributed by atoms with Gasteiger partial charge in [-0.3, -0.25) is 9.52 Å². The molecule has 4 aromatic rings. The summed E-state index contributed by atoms with van der Waals surface area (Å²) in [7, 11) is -4.05. The summed E-state index contributed by atoms with van der Waals surface area (Å²) in [4.78, 5) is 12.8. The van der Waals surface area contributed by atoms with Crippen LogP contribution in [0.1, 0.15) is 15.9 Å². The second kappa shape index (κ2) is 10.4. The first-order valence-electron chi connectivity index (χ1n) is 10.4. The molecule has 9 heteroatoms. The summed E-state index contributed by atoms with van der Waals surface area (Å²) in [6.07, 6.45) is 0. The van der Waals surface area contributed by atoms with Gasteiger partial charge in [-0.1, -0.05) is 53.5 Å². The van der Waals surface area contributed by atoms with E-state index >= 15 is 0 Å². The average Bonchev–Trinajstić information content (AvgIpc) is 2.81. The van der Waals surface area contributed by atoms with Crippen LogP contribution in [0.5, 0.6) is 11.5 Å². The van der Waals surface area contributed by atoms with E-state index in [1.165, 1.54) is 18.2 Å². The van der Waals surface area contributed by atoms with Gasteiger partial charge in [0.2, 0.25) is 0 Å². The molecule has 0 radical (unpaired) electrons. The van der Waals surface area contributed by atoms with E-state index in [0.29, 0.717) is 27.9 Å². The minimum atomic E-state index is -4.05. The van der Waals surface area contributed by atoms with E-state index in [9.17, 15) is 13.2 Å². The fraction of sp³-hybridized carbons (Fsp3) is 0.0385. The highest BCUT2D eigenvalue weighted by Gasteiger charge is 2.21. The smallest absolute Gasteiger partial charge is 0.263 e. The topological polar surface area (TPSA) is 84.5 Å². The Balaban J connectivity index is 1.61. The molecule has 4 aromatic carbocycles. The predicted octanol–water partition coefficient (Wildman–Crippen LogP) is 7.15. The maximum Gasteiger partial charge on any atom is 0.263 e. The number of hydrogen-bond acceptors (Lipinski definition) is 4. The number of ether oxygens (including phenoxy) is 1. The van der Waals surface area contributed by atoms with Crippen molar-refractivity contribution >= 4 is 50.5 Å². The van der Waals surface area contributed by atoms with Crippen LogP contribution in [0.25, 0.3) is 0 Å². The van der Waals surface area contributed by atoms with Gasteiger partial charge in [0.15, 0.2) is 5.75 Å². The number of aryl methyl sites for hydroxylation is 1. The quantitative estimate of drug-likeness (QED) is 0.267. The van der Waals surface area contributed by atoms with Crippen molar-refractivity contribution in [1.29, 1.82) is 0 Å². The molecule has 0 bridgehead atoms. The number of nitrogens with one attached hydrogen (secondary N) is 2. The summed E-state index contributed by atoms with van der Waals surface area (Å²) in [5, 5.41) is 3.11. The molecule has 178 valence electrons. The Kier molecular flexibility index (Phi) is 7.31. The molecule has 35 heavy (non-hydrogen) atoms. The van der Waals surface area contributed by atoms with Crippen LogP contribution in [0, 0.1) is 6.92 Å². The van der Waals surface area contributed by atoms with Gasteiger partial charge in [-0.15, -0.1) is 0 Å². The van der Waals surface area contributed by atoms with Gasteiger partial charge in [-0.25, -0.2) is 8.42 Å². The lowest BCUT2D eigenvalue weighted by atomic mass is 10.2. The normalized spacial score (nSPS) is 11.1. The monoisotopic (exact) mass is 526 g/mol. The Bertz CT molecular complexity index is 1490. The molecule has 0 heterocycles. The van der Waals surface area contributed by atoms with Crippen molar-refractivity contribution in [3.05, 3.63) is 112 Å². The molecular formula is C26H20Cl2N2O4S. The van der Waals surface area contributed by atoms with Crippen LogP contribution in [0.15, 0.2) is 95.9 Å². The summed E-state index contributed by atoms with van der Waals surface area (Å²) in [6.45, 7) is 1.85. The molecule has 0 atom stereocenters. The van der Waals surface area contributed by atoms with Gasteiger partial charge in [0.1, 0.15) is 10.6 Å². The highest BCUT2D eigenvalue weighted by atomic mass is 35.5. The first-order chi connectivity index (χ1) is 16.7. The van der Waals surface area contributed by atoms with E-state index in [0.717, 1.165) is 5.56 Å². The minimum Gasteiger partial charge on any atom is -0.455 e. The Morgan fingerprint density at radius 3 is 2.37 bits per heavy atom. The number of benzene rings is 4. The molecule has 0 aliphatic rings. The molecule has 0 spiro atoms. The van der Waals surface area contributed by atoms with E-state index in [-0.39, 0.29) is 15.5 Å². The summed E-state index contributed by atoms with van der Waals surface area (Å²) in [5.41, 5.74) is 1.69. The van der Waals surface area contributed by atoms with Crippen molar-refractivity contribution in [3.8, 4) is 11.5 Å². The van der Waals surface area contributed by atoms with E-state index < -0.39 is 15.9 Å². The van der Waals surface area contributed by atoms with Crippen LogP contribution in [0.4, 0.5) is 11.4 Å². The van der Waals surface area contributed by atoms with Crippen LogP contribution in [-0.2, 0) is 10.0 Å². The molecule has 2 N–H and O–H groups in total. The van der Waals surface area contributed by atoms with Crippen LogP contribution in [0.3, 0.4) is 0 Å².